The molecule has 0 atom stereocenters. The number of nitrogens with one attached hydrogen (secondary N) is 1. The molecule has 0 aliphatic carbocycles. The summed E-state index contributed by atoms with van der Waals surface area (Å²) in [6, 6.07) is 0. The fraction of sp³-hybridized carbons (Fsp3) is 0.727. The summed E-state index contributed by atoms with van der Waals surface area (Å²) in [5.41, 5.74) is 2.27. The highest BCUT2D eigenvalue weighted by molar-refractivity contribution is 9.10. The number of ether oxygens (including phenoxy) is 1. The lowest BCUT2D eigenvalue weighted by Crippen LogP contribution is -2.19. The SMILES string of the molecule is CCn1nc(C)c(Br)c1CNCCCOC. The van der Waals surface area contributed by atoms with E-state index in [4.69, 9.17) is 4.74 Å². The maximum atomic E-state index is 5.00. The Labute approximate surface area is 105 Å². The molecule has 1 aromatic rings. The summed E-state index contributed by atoms with van der Waals surface area (Å²) in [4.78, 5) is 0. The number of hydrogen-bond donors (Lipinski definition) is 1. The molecule has 0 unspecified atom stereocenters. The average Bonchev–Trinajstić information content (AvgIpc) is 2.56. The van der Waals surface area contributed by atoms with Crippen molar-refractivity contribution in [3.05, 3.63) is 15.9 Å². The molecule has 4 nitrogen and oxygen atoms in total. The number of rotatable bonds is 7. The van der Waals surface area contributed by atoms with Crippen molar-refractivity contribution < 1.29 is 4.74 Å². The molecule has 0 saturated carbocycles. The van der Waals surface area contributed by atoms with Crippen LogP contribution < -0.4 is 5.32 Å². The predicted molar refractivity (Wildman–Crippen MR) is 68.5 cm³/mol. The third-order valence-corrected chi connectivity index (χ3v) is 3.48. The van der Waals surface area contributed by atoms with Gasteiger partial charge in [-0.3, -0.25) is 4.68 Å². The molecular formula is C11H20BrN3O. The van der Waals surface area contributed by atoms with Gasteiger partial charge in [-0.15, -0.1) is 0 Å². The van der Waals surface area contributed by atoms with E-state index in [1.54, 1.807) is 7.11 Å². The van der Waals surface area contributed by atoms with Gasteiger partial charge in [-0.25, -0.2) is 0 Å². The molecule has 92 valence electrons. The van der Waals surface area contributed by atoms with Gasteiger partial charge < -0.3 is 10.1 Å². The fourth-order valence-electron chi connectivity index (χ4n) is 1.59. The van der Waals surface area contributed by atoms with E-state index >= 15 is 0 Å². The molecular weight excluding hydrogens is 270 g/mol. The first-order chi connectivity index (χ1) is 7.70. The van der Waals surface area contributed by atoms with Gasteiger partial charge >= 0.3 is 0 Å². The Balaban J connectivity index is 2.46. The van der Waals surface area contributed by atoms with Crippen molar-refractivity contribution in [2.75, 3.05) is 20.3 Å². The molecule has 0 bridgehead atoms. The van der Waals surface area contributed by atoms with Crippen molar-refractivity contribution in [1.82, 2.24) is 15.1 Å². The van der Waals surface area contributed by atoms with Crippen LogP contribution in [0.2, 0.25) is 0 Å². The van der Waals surface area contributed by atoms with Gasteiger partial charge in [0.1, 0.15) is 0 Å². The summed E-state index contributed by atoms with van der Waals surface area (Å²) in [5, 5.41) is 7.84. The highest BCUT2D eigenvalue weighted by atomic mass is 79.9. The second-order valence-corrected chi connectivity index (χ2v) is 4.48. The number of aromatic nitrogens is 2. The maximum absolute atomic E-state index is 5.00. The molecule has 1 N–H and O–H groups in total. The summed E-state index contributed by atoms with van der Waals surface area (Å²) in [6.45, 7) is 7.65. The van der Waals surface area contributed by atoms with E-state index in [0.717, 1.165) is 42.8 Å². The maximum Gasteiger partial charge on any atom is 0.0739 e. The zero-order valence-corrected chi connectivity index (χ0v) is 11.8. The molecule has 5 heteroatoms. The van der Waals surface area contributed by atoms with Crippen LogP contribution in [-0.2, 0) is 17.8 Å². The molecule has 0 fully saturated rings. The van der Waals surface area contributed by atoms with E-state index in [-0.39, 0.29) is 0 Å². The normalized spacial score (nSPS) is 11.0. The van der Waals surface area contributed by atoms with Gasteiger partial charge in [0.15, 0.2) is 0 Å². The summed E-state index contributed by atoms with van der Waals surface area (Å²) >= 11 is 3.58. The van der Waals surface area contributed by atoms with Crippen LogP contribution in [0.3, 0.4) is 0 Å². The van der Waals surface area contributed by atoms with Crippen LogP contribution >= 0.6 is 15.9 Å². The Bertz CT molecular complexity index is 325. The van der Waals surface area contributed by atoms with Crippen molar-refractivity contribution in [1.29, 1.82) is 0 Å². The van der Waals surface area contributed by atoms with E-state index in [0.29, 0.717) is 0 Å². The van der Waals surface area contributed by atoms with Crippen LogP contribution in [0.1, 0.15) is 24.7 Å². The minimum atomic E-state index is 0.806. The molecule has 1 aromatic heterocycles. The van der Waals surface area contributed by atoms with E-state index < -0.39 is 0 Å². The number of hydrogen-bond acceptors (Lipinski definition) is 3. The topological polar surface area (TPSA) is 39.1 Å². The largest absolute Gasteiger partial charge is 0.385 e. The molecule has 0 aliphatic heterocycles. The van der Waals surface area contributed by atoms with Gasteiger partial charge in [0.25, 0.3) is 0 Å². The average molecular weight is 290 g/mol. The second kappa shape index (κ2) is 7.04. The van der Waals surface area contributed by atoms with E-state index in [9.17, 15) is 0 Å². The zero-order valence-electron chi connectivity index (χ0n) is 10.2. The highest BCUT2D eigenvalue weighted by Gasteiger charge is 2.10. The Morgan fingerprint density at radius 2 is 2.25 bits per heavy atom. The van der Waals surface area contributed by atoms with E-state index in [1.807, 2.05) is 11.6 Å². The van der Waals surface area contributed by atoms with Crippen molar-refractivity contribution in [2.24, 2.45) is 0 Å². The smallest absolute Gasteiger partial charge is 0.0739 e. The third-order valence-electron chi connectivity index (χ3n) is 2.45. The van der Waals surface area contributed by atoms with E-state index in [1.165, 1.54) is 5.69 Å². The summed E-state index contributed by atoms with van der Waals surface area (Å²) < 4.78 is 8.15. The fourth-order valence-corrected chi connectivity index (χ4v) is 2.01. The highest BCUT2D eigenvalue weighted by Crippen LogP contribution is 2.20. The van der Waals surface area contributed by atoms with Crippen molar-refractivity contribution in [3.63, 3.8) is 0 Å². The van der Waals surface area contributed by atoms with Crippen LogP contribution in [-0.4, -0.2) is 30.0 Å². The second-order valence-electron chi connectivity index (χ2n) is 3.68. The number of aryl methyl sites for hydroxylation is 2. The van der Waals surface area contributed by atoms with Gasteiger partial charge in [0, 0.05) is 26.8 Å². The van der Waals surface area contributed by atoms with Crippen molar-refractivity contribution in [3.8, 4) is 0 Å². The van der Waals surface area contributed by atoms with Gasteiger partial charge in [-0.2, -0.15) is 5.10 Å². The standard InChI is InChI=1S/C11H20BrN3O/c1-4-15-10(11(12)9(2)14-15)8-13-6-5-7-16-3/h13H,4-8H2,1-3H3. The Kier molecular flexibility index (Phi) is 6.01. The minimum absolute atomic E-state index is 0.806. The molecule has 1 heterocycles. The van der Waals surface area contributed by atoms with Crippen LogP contribution in [0.15, 0.2) is 4.47 Å². The first-order valence-electron chi connectivity index (χ1n) is 5.62. The first-order valence-corrected chi connectivity index (χ1v) is 6.41. The van der Waals surface area contributed by atoms with Crippen molar-refractivity contribution in [2.45, 2.75) is 33.4 Å². The number of methoxy groups -OCH3 is 1. The molecule has 0 amide bonds. The lowest BCUT2D eigenvalue weighted by Gasteiger charge is -2.07. The summed E-state index contributed by atoms with van der Waals surface area (Å²) in [6.07, 6.45) is 1.04. The van der Waals surface area contributed by atoms with Gasteiger partial charge in [0.2, 0.25) is 0 Å². The minimum Gasteiger partial charge on any atom is -0.385 e. The summed E-state index contributed by atoms with van der Waals surface area (Å²) in [5.74, 6) is 0. The van der Waals surface area contributed by atoms with Gasteiger partial charge in [-0.05, 0) is 42.7 Å². The van der Waals surface area contributed by atoms with E-state index in [2.05, 4.69) is 33.3 Å². The lowest BCUT2D eigenvalue weighted by atomic mass is 10.3. The Morgan fingerprint density at radius 1 is 1.50 bits per heavy atom. The molecule has 0 spiro atoms. The zero-order chi connectivity index (χ0) is 12.0. The summed E-state index contributed by atoms with van der Waals surface area (Å²) in [7, 11) is 1.73. The molecule has 0 aromatic carbocycles. The van der Waals surface area contributed by atoms with Crippen LogP contribution in [0.25, 0.3) is 0 Å². The van der Waals surface area contributed by atoms with Crippen LogP contribution in [0.5, 0.6) is 0 Å². The monoisotopic (exact) mass is 289 g/mol. The lowest BCUT2D eigenvalue weighted by molar-refractivity contribution is 0.194. The number of nitrogens with zero attached hydrogens (tertiary/aromatic N) is 2. The molecule has 0 saturated heterocycles. The quantitative estimate of drug-likeness (QED) is 0.782. The molecule has 16 heavy (non-hydrogen) atoms. The predicted octanol–water partition coefficient (Wildman–Crippen LogP) is 2.10. The van der Waals surface area contributed by atoms with Crippen LogP contribution in [0, 0.1) is 6.92 Å². The molecule has 0 radical (unpaired) electrons. The van der Waals surface area contributed by atoms with Crippen LogP contribution in [0.4, 0.5) is 0 Å². The van der Waals surface area contributed by atoms with Gasteiger partial charge in [0.05, 0.1) is 15.9 Å². The Morgan fingerprint density at radius 3 is 2.88 bits per heavy atom. The Hall–Kier alpha value is -0.390. The first kappa shape index (κ1) is 13.7. The molecule has 0 aliphatic rings. The third kappa shape index (κ3) is 3.57. The molecule has 1 rings (SSSR count). The van der Waals surface area contributed by atoms with Gasteiger partial charge in [-0.1, -0.05) is 0 Å². The van der Waals surface area contributed by atoms with Crippen molar-refractivity contribution >= 4 is 15.9 Å². The number of halogens is 1.